The minimum Gasteiger partial charge on any atom is -0.469 e. The minimum absolute atomic E-state index is 0.0946. The quantitative estimate of drug-likeness (QED) is 0.502. The predicted octanol–water partition coefficient (Wildman–Crippen LogP) is 4.36. The average molecular weight is 355 g/mol. The highest BCUT2D eigenvalue weighted by Crippen LogP contribution is 2.29. The first-order valence-electron chi connectivity index (χ1n) is 8.10. The molecule has 0 aliphatic carbocycles. The van der Waals surface area contributed by atoms with Gasteiger partial charge in [0.15, 0.2) is 16.8 Å². The lowest BCUT2D eigenvalue weighted by Gasteiger charge is -2.11. The molecule has 2 aromatic heterocycles. The Morgan fingerprint density at radius 1 is 1.16 bits per heavy atom. The Labute approximate surface area is 151 Å². The summed E-state index contributed by atoms with van der Waals surface area (Å²) in [7, 11) is 1.90. The van der Waals surface area contributed by atoms with Crippen LogP contribution in [0.15, 0.2) is 40.1 Å². The molecule has 1 aromatic carbocycles. The molecule has 0 aliphatic heterocycles. The number of furan rings is 1. The number of aryl methyl sites for hydroxylation is 3. The molecule has 5 nitrogen and oxygen atoms in total. The second kappa shape index (κ2) is 6.88. The number of aromatic nitrogens is 3. The van der Waals surface area contributed by atoms with Crippen molar-refractivity contribution in [3.8, 4) is 11.4 Å². The van der Waals surface area contributed by atoms with Gasteiger partial charge >= 0.3 is 0 Å². The van der Waals surface area contributed by atoms with Crippen molar-refractivity contribution in [1.82, 2.24) is 14.8 Å². The van der Waals surface area contributed by atoms with Gasteiger partial charge in [0.2, 0.25) is 0 Å². The van der Waals surface area contributed by atoms with Gasteiger partial charge in [0.25, 0.3) is 0 Å². The summed E-state index contributed by atoms with van der Waals surface area (Å²) in [6.45, 7) is 7.86. The van der Waals surface area contributed by atoms with E-state index in [1.165, 1.54) is 17.3 Å². The Kier molecular flexibility index (Phi) is 4.81. The molecular weight excluding hydrogens is 334 g/mol. The first kappa shape index (κ1) is 17.5. The van der Waals surface area contributed by atoms with E-state index in [1.54, 1.807) is 6.26 Å². The highest BCUT2D eigenvalue weighted by Gasteiger charge is 2.21. The second-order valence-electron chi connectivity index (χ2n) is 6.18. The number of carbonyl (C=O) groups is 1. The molecule has 0 radical (unpaired) electrons. The third-order valence-electron chi connectivity index (χ3n) is 4.38. The van der Waals surface area contributed by atoms with Crippen molar-refractivity contribution in [2.75, 3.05) is 0 Å². The van der Waals surface area contributed by atoms with Crippen molar-refractivity contribution < 1.29 is 9.21 Å². The van der Waals surface area contributed by atoms with E-state index in [2.05, 4.69) is 10.2 Å². The summed E-state index contributed by atoms with van der Waals surface area (Å²) >= 11 is 1.42. The van der Waals surface area contributed by atoms with Crippen LogP contribution in [0.4, 0.5) is 0 Å². The fourth-order valence-electron chi connectivity index (χ4n) is 2.61. The number of carbonyl (C=O) groups excluding carboxylic acids is 1. The van der Waals surface area contributed by atoms with Crippen LogP contribution in [-0.2, 0) is 7.05 Å². The number of rotatable bonds is 5. The van der Waals surface area contributed by atoms with E-state index in [-0.39, 0.29) is 11.0 Å². The van der Waals surface area contributed by atoms with Crippen LogP contribution in [-0.4, -0.2) is 25.8 Å². The second-order valence-corrected chi connectivity index (χ2v) is 7.49. The van der Waals surface area contributed by atoms with E-state index in [4.69, 9.17) is 4.42 Å². The lowest BCUT2D eigenvalue weighted by molar-refractivity contribution is 0.0993. The zero-order chi connectivity index (χ0) is 18.1. The molecule has 1 atom stereocenters. The topological polar surface area (TPSA) is 60.9 Å². The van der Waals surface area contributed by atoms with Crippen LogP contribution in [0, 0.1) is 20.8 Å². The smallest absolute Gasteiger partial charge is 0.191 e. The summed E-state index contributed by atoms with van der Waals surface area (Å²) in [5.41, 5.74) is 3.95. The first-order chi connectivity index (χ1) is 11.9. The van der Waals surface area contributed by atoms with Gasteiger partial charge in [-0.05, 0) is 51.0 Å². The summed E-state index contributed by atoms with van der Waals surface area (Å²) < 4.78 is 7.23. The van der Waals surface area contributed by atoms with Gasteiger partial charge in [-0.25, -0.2) is 0 Å². The lowest BCUT2D eigenvalue weighted by atomic mass is 10.0. The average Bonchev–Trinajstić information content (AvgIpc) is 3.15. The van der Waals surface area contributed by atoms with Crippen LogP contribution < -0.4 is 0 Å². The summed E-state index contributed by atoms with van der Waals surface area (Å²) in [5.74, 6) is 1.63. The highest BCUT2D eigenvalue weighted by molar-refractivity contribution is 8.00. The fraction of sp³-hybridized carbons (Fsp3) is 0.316. The Balaban J connectivity index is 1.80. The van der Waals surface area contributed by atoms with E-state index in [9.17, 15) is 4.79 Å². The Morgan fingerprint density at radius 3 is 2.56 bits per heavy atom. The zero-order valence-corrected chi connectivity index (χ0v) is 15.8. The number of benzene rings is 1. The molecule has 3 aromatic rings. The zero-order valence-electron chi connectivity index (χ0n) is 15.0. The van der Waals surface area contributed by atoms with E-state index < -0.39 is 0 Å². The summed E-state index contributed by atoms with van der Waals surface area (Å²) in [6.07, 6.45) is 1.64. The molecule has 3 rings (SSSR count). The fourth-order valence-corrected chi connectivity index (χ4v) is 3.50. The van der Waals surface area contributed by atoms with Crippen LogP contribution in [0.25, 0.3) is 11.4 Å². The third kappa shape index (κ3) is 3.39. The summed E-state index contributed by atoms with van der Waals surface area (Å²) in [6, 6.07) is 7.70. The molecule has 0 saturated carbocycles. The van der Waals surface area contributed by atoms with Crippen LogP contribution in [0.5, 0.6) is 0 Å². The van der Waals surface area contributed by atoms with Gasteiger partial charge < -0.3 is 8.98 Å². The largest absolute Gasteiger partial charge is 0.469 e. The van der Waals surface area contributed by atoms with Gasteiger partial charge in [-0.15, -0.1) is 10.2 Å². The van der Waals surface area contributed by atoms with Crippen LogP contribution in [0.2, 0.25) is 0 Å². The minimum atomic E-state index is -0.247. The maximum Gasteiger partial charge on any atom is 0.191 e. The number of nitrogens with zero attached hydrogens (tertiary/aromatic N) is 3. The number of ketones is 1. The first-order valence-corrected chi connectivity index (χ1v) is 8.98. The summed E-state index contributed by atoms with van der Waals surface area (Å²) in [4.78, 5) is 12.7. The van der Waals surface area contributed by atoms with E-state index in [0.29, 0.717) is 5.16 Å². The van der Waals surface area contributed by atoms with Gasteiger partial charge in [-0.1, -0.05) is 23.9 Å². The summed E-state index contributed by atoms with van der Waals surface area (Å²) in [5, 5.41) is 8.95. The monoisotopic (exact) mass is 355 g/mol. The standard InChI is InChI=1S/C19H21N3O2S/c1-11-6-7-15(10-12(11)2)17(23)14(4)25-19-21-20-18(22(19)5)16-8-9-24-13(16)3/h6-10,14H,1-5H3/t14-/m1/s1. The maximum atomic E-state index is 12.7. The van der Waals surface area contributed by atoms with Crippen molar-refractivity contribution in [3.05, 3.63) is 53.0 Å². The molecule has 130 valence electrons. The normalized spacial score (nSPS) is 12.4. The molecular formula is C19H21N3O2S. The number of hydrogen-bond donors (Lipinski definition) is 0. The van der Waals surface area contributed by atoms with Gasteiger partial charge in [0, 0.05) is 12.6 Å². The van der Waals surface area contributed by atoms with Crippen LogP contribution in [0.1, 0.15) is 34.2 Å². The molecule has 0 amide bonds. The lowest BCUT2D eigenvalue weighted by Crippen LogP contribution is -2.14. The van der Waals surface area contributed by atoms with E-state index in [0.717, 1.165) is 28.3 Å². The molecule has 25 heavy (non-hydrogen) atoms. The van der Waals surface area contributed by atoms with Crippen molar-refractivity contribution in [1.29, 1.82) is 0 Å². The Morgan fingerprint density at radius 2 is 1.92 bits per heavy atom. The SMILES string of the molecule is Cc1ccc(C(=O)[C@@H](C)Sc2nnc(-c3ccoc3C)n2C)cc1C. The van der Waals surface area contributed by atoms with Crippen molar-refractivity contribution >= 4 is 17.5 Å². The molecule has 0 fully saturated rings. The van der Waals surface area contributed by atoms with Crippen LogP contribution >= 0.6 is 11.8 Å². The van der Waals surface area contributed by atoms with Crippen molar-refractivity contribution in [2.24, 2.45) is 7.05 Å². The van der Waals surface area contributed by atoms with Gasteiger partial charge in [-0.2, -0.15) is 0 Å². The molecule has 0 spiro atoms. The predicted molar refractivity (Wildman–Crippen MR) is 99.0 cm³/mol. The van der Waals surface area contributed by atoms with E-state index >= 15 is 0 Å². The number of thioether (sulfide) groups is 1. The molecule has 0 unspecified atom stereocenters. The molecule has 0 bridgehead atoms. The molecule has 0 saturated heterocycles. The molecule has 0 aliphatic rings. The van der Waals surface area contributed by atoms with Gasteiger partial charge in [-0.3, -0.25) is 4.79 Å². The number of Topliss-reactive ketones (excluding diaryl/α,β-unsaturated/α-hetero) is 1. The van der Waals surface area contributed by atoms with Crippen LogP contribution in [0.3, 0.4) is 0 Å². The van der Waals surface area contributed by atoms with Gasteiger partial charge in [0.05, 0.1) is 17.1 Å². The third-order valence-corrected chi connectivity index (χ3v) is 5.51. The maximum absolute atomic E-state index is 12.7. The van der Waals surface area contributed by atoms with Crippen molar-refractivity contribution in [2.45, 2.75) is 38.1 Å². The Hall–Kier alpha value is -2.34. The highest BCUT2D eigenvalue weighted by atomic mass is 32.2. The number of hydrogen-bond acceptors (Lipinski definition) is 5. The van der Waals surface area contributed by atoms with E-state index in [1.807, 2.05) is 63.6 Å². The van der Waals surface area contributed by atoms with Gasteiger partial charge in [0.1, 0.15) is 5.76 Å². The molecule has 2 heterocycles. The molecule has 6 heteroatoms. The Bertz CT molecular complexity index is 927. The molecule has 0 N–H and O–H groups in total. The van der Waals surface area contributed by atoms with Crippen molar-refractivity contribution in [3.63, 3.8) is 0 Å².